The van der Waals surface area contributed by atoms with Gasteiger partial charge in [-0.25, -0.2) is 0 Å². The van der Waals surface area contributed by atoms with E-state index in [1.807, 2.05) is 30.3 Å². The standard InChI is InChI=1S/C18H27N3/c1-15(2)16-8-11-21(12-9-16)13-10-18(20,14-19)17-6-4-3-5-7-17/h3-7,15-16H,8-13,20H2,1-2H3. The molecule has 21 heavy (non-hydrogen) atoms. The topological polar surface area (TPSA) is 53.0 Å². The minimum absolute atomic E-state index is 0.694. The Labute approximate surface area is 128 Å². The van der Waals surface area contributed by atoms with Gasteiger partial charge in [-0.05, 0) is 49.8 Å². The maximum atomic E-state index is 9.49. The van der Waals surface area contributed by atoms with Gasteiger partial charge in [-0.3, -0.25) is 0 Å². The zero-order valence-electron chi connectivity index (χ0n) is 13.3. The van der Waals surface area contributed by atoms with Crippen molar-refractivity contribution in [3.8, 4) is 6.07 Å². The lowest BCUT2D eigenvalue weighted by Crippen LogP contribution is -2.42. The van der Waals surface area contributed by atoms with E-state index in [0.29, 0.717) is 6.42 Å². The lowest BCUT2D eigenvalue weighted by molar-refractivity contribution is 0.151. The maximum absolute atomic E-state index is 9.49. The predicted molar refractivity (Wildman–Crippen MR) is 86.5 cm³/mol. The molecule has 1 saturated heterocycles. The number of benzene rings is 1. The summed E-state index contributed by atoms with van der Waals surface area (Å²) >= 11 is 0. The number of likely N-dealkylation sites (tertiary alicyclic amines) is 1. The third-order valence-corrected chi connectivity index (χ3v) is 4.89. The van der Waals surface area contributed by atoms with Gasteiger partial charge in [0.2, 0.25) is 0 Å². The second-order valence-corrected chi connectivity index (χ2v) is 6.62. The van der Waals surface area contributed by atoms with Gasteiger partial charge in [0.25, 0.3) is 0 Å². The first-order chi connectivity index (χ1) is 10.0. The normalized spacial score (nSPS) is 20.1. The Bertz CT molecular complexity index is 469. The van der Waals surface area contributed by atoms with Gasteiger partial charge in [0, 0.05) is 6.54 Å². The van der Waals surface area contributed by atoms with Crippen molar-refractivity contribution in [1.29, 1.82) is 5.26 Å². The molecule has 3 heteroatoms. The van der Waals surface area contributed by atoms with Crippen LogP contribution in [0.15, 0.2) is 30.3 Å². The van der Waals surface area contributed by atoms with Crippen molar-refractivity contribution < 1.29 is 0 Å². The van der Waals surface area contributed by atoms with Crippen LogP contribution in [0.4, 0.5) is 0 Å². The van der Waals surface area contributed by atoms with E-state index in [2.05, 4.69) is 24.8 Å². The molecule has 2 rings (SSSR count). The number of piperidine rings is 1. The molecule has 0 aromatic heterocycles. The van der Waals surface area contributed by atoms with Gasteiger partial charge in [-0.15, -0.1) is 0 Å². The number of rotatable bonds is 5. The molecule has 0 spiro atoms. The molecule has 0 amide bonds. The predicted octanol–water partition coefficient (Wildman–Crippen LogP) is 3.12. The van der Waals surface area contributed by atoms with Crippen molar-refractivity contribution in [2.24, 2.45) is 17.6 Å². The van der Waals surface area contributed by atoms with Crippen molar-refractivity contribution in [2.45, 2.75) is 38.6 Å². The van der Waals surface area contributed by atoms with Crippen LogP contribution in [0.25, 0.3) is 0 Å². The molecule has 1 fully saturated rings. The number of nitrogens with zero attached hydrogens (tertiary/aromatic N) is 2. The van der Waals surface area contributed by atoms with Gasteiger partial charge < -0.3 is 10.6 Å². The van der Waals surface area contributed by atoms with Gasteiger partial charge in [0.05, 0.1) is 6.07 Å². The molecule has 1 atom stereocenters. The zero-order valence-corrected chi connectivity index (χ0v) is 13.3. The number of hydrogen-bond acceptors (Lipinski definition) is 3. The van der Waals surface area contributed by atoms with Crippen molar-refractivity contribution in [3.63, 3.8) is 0 Å². The van der Waals surface area contributed by atoms with Crippen molar-refractivity contribution in [3.05, 3.63) is 35.9 Å². The van der Waals surface area contributed by atoms with Crippen LogP contribution in [0.2, 0.25) is 0 Å². The second kappa shape index (κ2) is 7.06. The van der Waals surface area contributed by atoms with Crippen LogP contribution in [-0.4, -0.2) is 24.5 Å². The van der Waals surface area contributed by atoms with Crippen LogP contribution in [0.3, 0.4) is 0 Å². The first-order valence-corrected chi connectivity index (χ1v) is 8.03. The van der Waals surface area contributed by atoms with Crippen LogP contribution < -0.4 is 5.73 Å². The molecule has 0 radical (unpaired) electrons. The first-order valence-electron chi connectivity index (χ1n) is 8.03. The fraction of sp³-hybridized carbons (Fsp3) is 0.611. The highest BCUT2D eigenvalue weighted by Crippen LogP contribution is 2.26. The number of hydrogen-bond donors (Lipinski definition) is 1. The fourth-order valence-corrected chi connectivity index (χ4v) is 3.18. The Kier molecular flexibility index (Phi) is 5.39. The highest BCUT2D eigenvalue weighted by molar-refractivity contribution is 5.30. The SMILES string of the molecule is CC(C)C1CCN(CCC(N)(C#N)c2ccccc2)CC1. The largest absolute Gasteiger partial charge is 0.310 e. The van der Waals surface area contributed by atoms with Gasteiger partial charge in [-0.1, -0.05) is 44.2 Å². The van der Waals surface area contributed by atoms with E-state index >= 15 is 0 Å². The first kappa shape index (κ1) is 16.0. The Balaban J connectivity index is 1.89. The number of nitrogens with two attached hydrogens (primary N) is 1. The maximum Gasteiger partial charge on any atom is 0.131 e. The highest BCUT2D eigenvalue weighted by Gasteiger charge is 2.29. The minimum atomic E-state index is -0.865. The van der Waals surface area contributed by atoms with Crippen LogP contribution in [0.5, 0.6) is 0 Å². The Morgan fingerprint density at radius 2 is 1.90 bits per heavy atom. The summed E-state index contributed by atoms with van der Waals surface area (Å²) in [4.78, 5) is 2.46. The van der Waals surface area contributed by atoms with Crippen LogP contribution in [0, 0.1) is 23.2 Å². The van der Waals surface area contributed by atoms with E-state index in [1.54, 1.807) is 0 Å². The second-order valence-electron chi connectivity index (χ2n) is 6.62. The van der Waals surface area contributed by atoms with E-state index in [-0.39, 0.29) is 0 Å². The molecule has 3 nitrogen and oxygen atoms in total. The van der Waals surface area contributed by atoms with E-state index in [4.69, 9.17) is 5.73 Å². The van der Waals surface area contributed by atoms with Gasteiger partial charge in [-0.2, -0.15) is 5.26 Å². The average molecular weight is 285 g/mol. The molecule has 1 aromatic carbocycles. The molecule has 2 N–H and O–H groups in total. The molecule has 1 unspecified atom stereocenters. The highest BCUT2D eigenvalue weighted by atomic mass is 15.1. The van der Waals surface area contributed by atoms with E-state index in [9.17, 15) is 5.26 Å². The monoisotopic (exact) mass is 285 g/mol. The zero-order chi connectivity index (χ0) is 15.3. The summed E-state index contributed by atoms with van der Waals surface area (Å²) in [6.45, 7) is 7.81. The van der Waals surface area contributed by atoms with E-state index < -0.39 is 5.54 Å². The van der Waals surface area contributed by atoms with Crippen molar-refractivity contribution in [1.82, 2.24) is 4.90 Å². The summed E-state index contributed by atoms with van der Waals surface area (Å²) < 4.78 is 0. The third kappa shape index (κ3) is 4.06. The van der Waals surface area contributed by atoms with Crippen LogP contribution in [-0.2, 0) is 5.54 Å². The van der Waals surface area contributed by atoms with Crippen molar-refractivity contribution in [2.75, 3.05) is 19.6 Å². The van der Waals surface area contributed by atoms with Gasteiger partial charge in [0.1, 0.15) is 5.54 Å². The summed E-state index contributed by atoms with van der Waals surface area (Å²) in [5, 5.41) is 9.49. The summed E-state index contributed by atoms with van der Waals surface area (Å²) in [5.41, 5.74) is 6.38. The minimum Gasteiger partial charge on any atom is -0.310 e. The number of nitriles is 1. The molecule has 1 heterocycles. The molecule has 1 aromatic rings. The molecular weight excluding hydrogens is 258 g/mol. The van der Waals surface area contributed by atoms with E-state index in [0.717, 1.165) is 37.0 Å². The fourth-order valence-electron chi connectivity index (χ4n) is 3.18. The Hall–Kier alpha value is -1.37. The molecule has 0 bridgehead atoms. The Morgan fingerprint density at radius 1 is 1.29 bits per heavy atom. The third-order valence-electron chi connectivity index (χ3n) is 4.89. The Morgan fingerprint density at radius 3 is 2.43 bits per heavy atom. The quantitative estimate of drug-likeness (QED) is 0.904. The summed E-state index contributed by atoms with van der Waals surface area (Å²) in [6.07, 6.45) is 3.24. The van der Waals surface area contributed by atoms with Crippen molar-refractivity contribution >= 4 is 0 Å². The van der Waals surface area contributed by atoms with E-state index in [1.165, 1.54) is 12.8 Å². The lowest BCUT2D eigenvalue weighted by atomic mass is 9.85. The molecular formula is C18H27N3. The molecule has 114 valence electrons. The lowest BCUT2D eigenvalue weighted by Gasteiger charge is -2.35. The van der Waals surface area contributed by atoms with Crippen LogP contribution >= 0.6 is 0 Å². The summed E-state index contributed by atoms with van der Waals surface area (Å²) in [7, 11) is 0. The average Bonchev–Trinajstić information content (AvgIpc) is 2.54. The molecule has 0 saturated carbocycles. The van der Waals surface area contributed by atoms with Gasteiger partial charge >= 0.3 is 0 Å². The summed E-state index contributed by atoms with van der Waals surface area (Å²) in [6, 6.07) is 12.1. The molecule has 0 aliphatic carbocycles. The summed E-state index contributed by atoms with van der Waals surface area (Å²) in [5.74, 6) is 1.64. The smallest absolute Gasteiger partial charge is 0.131 e. The van der Waals surface area contributed by atoms with Gasteiger partial charge in [0.15, 0.2) is 0 Å². The molecule has 1 aliphatic rings. The van der Waals surface area contributed by atoms with Crippen LogP contribution in [0.1, 0.15) is 38.7 Å². The molecule has 1 aliphatic heterocycles.